The summed E-state index contributed by atoms with van der Waals surface area (Å²) in [5.74, 6) is -0.651. The molecule has 0 aliphatic carbocycles. The molecule has 5 aliphatic rings. The Hall–Kier alpha value is -5.83. The van der Waals surface area contributed by atoms with E-state index < -0.39 is 23.5 Å². The molecule has 0 unspecified atom stereocenters. The van der Waals surface area contributed by atoms with Crippen LogP contribution in [-0.2, 0) is 22.7 Å². The van der Waals surface area contributed by atoms with Crippen LogP contribution in [0.15, 0.2) is 54.7 Å². The van der Waals surface area contributed by atoms with Gasteiger partial charge in [-0.15, -0.1) is 10.2 Å². The number of ether oxygens (including phenoxy) is 1. The average molecular weight is 748 g/mol. The number of hydrogen-bond acceptors (Lipinski definition) is 12. The largest absolute Gasteiger partial charge is 0.504 e. The van der Waals surface area contributed by atoms with Gasteiger partial charge in [-0.25, -0.2) is 4.39 Å². The molecule has 2 aromatic carbocycles. The number of phenols is 1. The Morgan fingerprint density at radius 3 is 2.67 bits per heavy atom. The lowest BCUT2D eigenvalue weighted by Gasteiger charge is -2.41. The zero-order valence-electron chi connectivity index (χ0n) is 30.7. The van der Waals surface area contributed by atoms with E-state index in [-0.39, 0.29) is 35.4 Å². The molecule has 55 heavy (non-hydrogen) atoms. The fourth-order valence-electron chi connectivity index (χ4n) is 8.68. The number of piperazine rings is 1. The number of nitrogens with one attached hydrogen (secondary N) is 2. The fourth-order valence-corrected chi connectivity index (χ4v) is 8.68. The number of aromatic hydroxyl groups is 1. The number of phenolic OH excluding ortho intramolecular Hbond substituents is 1. The van der Waals surface area contributed by atoms with Crippen molar-refractivity contribution in [1.82, 2.24) is 30.3 Å². The maximum atomic E-state index is 14.1. The molecule has 5 aliphatic heterocycles. The second-order valence-electron chi connectivity index (χ2n) is 15.4. The van der Waals surface area contributed by atoms with E-state index in [9.17, 15) is 23.9 Å². The minimum atomic E-state index is -0.707. The highest BCUT2D eigenvalue weighted by atomic mass is 19.1. The molecule has 9 rings (SSSR count). The summed E-state index contributed by atoms with van der Waals surface area (Å²) in [7, 11) is 0. The number of para-hydroxylation sites is 1. The second kappa shape index (κ2) is 13.5. The van der Waals surface area contributed by atoms with Crippen molar-refractivity contribution in [3.8, 4) is 22.8 Å². The molecule has 7 heterocycles. The summed E-state index contributed by atoms with van der Waals surface area (Å²) in [5.41, 5.74) is 5.83. The van der Waals surface area contributed by atoms with Gasteiger partial charge in [0.2, 0.25) is 11.8 Å². The average Bonchev–Trinajstić information content (AvgIpc) is 3.69. The summed E-state index contributed by atoms with van der Waals surface area (Å²) in [6.07, 6.45) is 3.05. The summed E-state index contributed by atoms with van der Waals surface area (Å²) in [5, 5.41) is 24.7. The van der Waals surface area contributed by atoms with Gasteiger partial charge in [-0.05, 0) is 67.8 Å². The van der Waals surface area contributed by atoms with Crippen molar-refractivity contribution >= 4 is 34.9 Å². The van der Waals surface area contributed by atoms with Crippen LogP contribution in [-0.4, -0.2) is 105 Å². The lowest BCUT2D eigenvalue weighted by molar-refractivity contribution is -0.136. The Morgan fingerprint density at radius 1 is 1.04 bits per heavy atom. The highest BCUT2D eigenvalue weighted by Crippen LogP contribution is 2.44. The maximum Gasteiger partial charge on any atom is 0.255 e. The van der Waals surface area contributed by atoms with Gasteiger partial charge in [0, 0.05) is 75.5 Å². The van der Waals surface area contributed by atoms with Crippen molar-refractivity contribution in [2.24, 2.45) is 0 Å². The van der Waals surface area contributed by atoms with Crippen molar-refractivity contribution in [1.29, 1.82) is 0 Å². The highest BCUT2D eigenvalue weighted by molar-refractivity contribution is 6.05. The van der Waals surface area contributed by atoms with Crippen LogP contribution >= 0.6 is 0 Å². The van der Waals surface area contributed by atoms with Gasteiger partial charge in [-0.2, -0.15) is 0 Å². The fraction of sp³-hybridized carbons (Fsp3) is 0.400. The molecule has 3 fully saturated rings. The normalized spacial score (nSPS) is 23.6. The lowest BCUT2D eigenvalue weighted by Crippen LogP contribution is -2.52. The molecule has 0 saturated carbocycles. The second-order valence-corrected chi connectivity index (χ2v) is 15.4. The van der Waals surface area contributed by atoms with Crippen molar-refractivity contribution in [2.45, 2.75) is 63.9 Å². The number of aryl methyl sites for hydroxylation is 1. The number of fused-ring (bicyclic) bond motifs is 4. The number of nitrogens with zero attached hydrogens (tertiary/aromatic N) is 7. The molecule has 2 aromatic heterocycles. The molecule has 3 N–H and O–H groups in total. The summed E-state index contributed by atoms with van der Waals surface area (Å²) >= 11 is 0. The number of anilines is 3. The van der Waals surface area contributed by atoms with Crippen LogP contribution < -0.4 is 25.2 Å². The number of rotatable bonds is 7. The number of benzene rings is 2. The number of pyridine rings is 1. The maximum absolute atomic E-state index is 14.1. The highest BCUT2D eigenvalue weighted by Gasteiger charge is 2.47. The monoisotopic (exact) mass is 747 g/mol. The van der Waals surface area contributed by atoms with Gasteiger partial charge in [0.15, 0.2) is 17.4 Å². The number of hydrogen-bond donors (Lipinski definition) is 3. The molecule has 3 saturated heterocycles. The predicted octanol–water partition coefficient (Wildman–Crippen LogP) is 3.62. The molecule has 284 valence electrons. The van der Waals surface area contributed by atoms with Crippen LogP contribution in [0.25, 0.3) is 11.3 Å². The van der Waals surface area contributed by atoms with Crippen molar-refractivity contribution < 1.29 is 28.6 Å². The lowest BCUT2D eigenvalue weighted by atomic mass is 9.95. The number of carbonyl (C=O) groups excluding carboxylic acids is 3. The Balaban J connectivity index is 0.809. The van der Waals surface area contributed by atoms with E-state index in [1.165, 1.54) is 6.07 Å². The first-order chi connectivity index (χ1) is 26.5. The zero-order valence-corrected chi connectivity index (χ0v) is 30.7. The topological polar surface area (TPSA) is 156 Å². The molecule has 0 radical (unpaired) electrons. The Bertz CT molecular complexity index is 2230. The van der Waals surface area contributed by atoms with Crippen LogP contribution in [0.5, 0.6) is 11.5 Å². The van der Waals surface area contributed by atoms with E-state index in [2.05, 4.69) is 61.5 Å². The molecule has 3 amide bonds. The van der Waals surface area contributed by atoms with Crippen LogP contribution in [0.1, 0.15) is 53.4 Å². The molecular weight excluding hydrogens is 705 g/mol. The minimum absolute atomic E-state index is 0.105. The first-order valence-corrected chi connectivity index (χ1v) is 18.8. The molecule has 4 aromatic rings. The van der Waals surface area contributed by atoms with Gasteiger partial charge in [0.1, 0.15) is 17.9 Å². The van der Waals surface area contributed by atoms with E-state index in [1.807, 2.05) is 18.2 Å². The molecule has 3 atom stereocenters. The van der Waals surface area contributed by atoms with Crippen LogP contribution in [0.3, 0.4) is 0 Å². The van der Waals surface area contributed by atoms with Gasteiger partial charge in [0.25, 0.3) is 5.91 Å². The van der Waals surface area contributed by atoms with Crippen LogP contribution in [0, 0.1) is 12.7 Å². The van der Waals surface area contributed by atoms with Crippen molar-refractivity contribution in [2.75, 3.05) is 54.4 Å². The number of amides is 3. The number of carbonyl (C=O) groups is 3. The smallest absolute Gasteiger partial charge is 0.255 e. The number of piperidine rings is 1. The quantitative estimate of drug-likeness (QED) is 0.237. The van der Waals surface area contributed by atoms with E-state index in [1.54, 1.807) is 23.2 Å². The van der Waals surface area contributed by atoms with Gasteiger partial charge in [-0.3, -0.25) is 29.6 Å². The first kappa shape index (κ1) is 34.9. The molecular formula is C40H42FN9O5. The third-order valence-electron chi connectivity index (χ3n) is 11.8. The summed E-state index contributed by atoms with van der Waals surface area (Å²) in [4.78, 5) is 50.8. The Kier molecular flexibility index (Phi) is 8.56. The minimum Gasteiger partial charge on any atom is -0.504 e. The molecule has 15 heteroatoms. The Morgan fingerprint density at radius 2 is 1.87 bits per heavy atom. The van der Waals surface area contributed by atoms with Gasteiger partial charge >= 0.3 is 0 Å². The summed E-state index contributed by atoms with van der Waals surface area (Å²) in [6.45, 7) is 9.89. The van der Waals surface area contributed by atoms with Crippen LogP contribution in [0.4, 0.5) is 21.6 Å². The Labute approximate surface area is 317 Å². The van der Waals surface area contributed by atoms with E-state index >= 15 is 0 Å². The van der Waals surface area contributed by atoms with E-state index in [4.69, 9.17) is 9.72 Å². The SMILES string of the molecule is Cc1cc(O[C@H]2CN3c4cc(-c5cccc(F)c5O)nnc4NC[C@]3(C)C2)cnc1CN1CCN(c2ccc3c(c2)C(=O)N([C@H]2CCC(=O)NC2=O)C3)CC1. The number of halogens is 1. The van der Waals surface area contributed by atoms with Gasteiger partial charge in [-0.1, -0.05) is 12.1 Å². The number of imide groups is 1. The zero-order chi connectivity index (χ0) is 38.0. The van der Waals surface area contributed by atoms with E-state index in [0.29, 0.717) is 55.4 Å². The van der Waals surface area contributed by atoms with Crippen molar-refractivity contribution in [3.63, 3.8) is 0 Å². The number of aromatic nitrogens is 3. The molecule has 0 spiro atoms. The van der Waals surface area contributed by atoms with Gasteiger partial charge in [0.05, 0.1) is 35.4 Å². The van der Waals surface area contributed by atoms with Gasteiger partial charge < -0.3 is 29.9 Å². The van der Waals surface area contributed by atoms with Crippen molar-refractivity contribution in [3.05, 3.63) is 82.9 Å². The summed E-state index contributed by atoms with van der Waals surface area (Å²) < 4.78 is 20.7. The van der Waals surface area contributed by atoms with Crippen LogP contribution in [0.2, 0.25) is 0 Å². The van der Waals surface area contributed by atoms with E-state index in [0.717, 1.165) is 60.8 Å². The summed E-state index contributed by atoms with van der Waals surface area (Å²) in [6, 6.07) is 13.6. The third kappa shape index (κ3) is 6.35. The molecule has 14 nitrogen and oxygen atoms in total. The standard InChI is InChI=1S/C40H42FN9O5/c1-23-14-26(55-27-17-40(2)22-43-37-34(50(40)20-27)16-31(45-46-37)28-4-3-5-30(41)36(28)52)18-42-32(23)21-47-10-12-48(13-11-47)25-7-6-24-19-49(39(54)29(24)15-25)33-8-9-35(51)44-38(33)53/h3-7,14-16,18,27,33,52H,8-13,17,19-22H2,1-2H3,(H,43,46)(H,44,51,53)/t27-,33+,40+/m1/s1. The third-order valence-corrected chi connectivity index (χ3v) is 11.8. The first-order valence-electron chi connectivity index (χ1n) is 18.8. The predicted molar refractivity (Wildman–Crippen MR) is 201 cm³/mol. The molecule has 0 bridgehead atoms.